The van der Waals surface area contributed by atoms with Gasteiger partial charge in [-0.25, -0.2) is 0 Å². The minimum atomic E-state index is 0.952. The zero-order valence-corrected chi connectivity index (χ0v) is 9.55. The van der Waals surface area contributed by atoms with Crippen LogP contribution in [0, 0.1) is 0 Å². The molecule has 0 bridgehead atoms. The van der Waals surface area contributed by atoms with Crippen molar-refractivity contribution in [2.45, 2.75) is 24.0 Å². The number of benzene rings is 1. The monoisotopic (exact) mass is 218 g/mol. The number of hydrogen-bond acceptors (Lipinski definition) is 2. The smallest absolute Gasteiger partial charge is 0.0490 e. The molecule has 2 aromatic rings. The summed E-state index contributed by atoms with van der Waals surface area (Å²) in [5, 5.41) is 6.90. The number of nitrogens with zero attached hydrogens (tertiary/aromatic N) is 1. The van der Waals surface area contributed by atoms with Gasteiger partial charge in [-0.3, -0.25) is 5.10 Å². The molecule has 0 aliphatic carbocycles. The van der Waals surface area contributed by atoms with Gasteiger partial charge in [-0.1, -0.05) is 19.1 Å². The highest BCUT2D eigenvalue weighted by molar-refractivity contribution is 7.98. The second-order valence-electron chi connectivity index (χ2n) is 3.37. The molecular weight excluding hydrogens is 204 g/mol. The van der Waals surface area contributed by atoms with Gasteiger partial charge in [0.1, 0.15) is 0 Å². The van der Waals surface area contributed by atoms with Crippen molar-refractivity contribution in [2.24, 2.45) is 0 Å². The second-order valence-corrected chi connectivity index (χ2v) is 4.42. The summed E-state index contributed by atoms with van der Waals surface area (Å²) in [6.45, 7) is 2.18. The van der Waals surface area contributed by atoms with Crippen LogP contribution in [0.2, 0.25) is 0 Å². The van der Waals surface area contributed by atoms with Crippen molar-refractivity contribution in [1.29, 1.82) is 0 Å². The molecule has 3 heteroatoms. The van der Waals surface area contributed by atoms with Gasteiger partial charge in [-0.2, -0.15) is 5.10 Å². The molecule has 15 heavy (non-hydrogen) atoms. The van der Waals surface area contributed by atoms with Gasteiger partial charge >= 0.3 is 0 Å². The molecule has 0 aliphatic rings. The van der Waals surface area contributed by atoms with E-state index in [4.69, 9.17) is 0 Å². The Kier molecular flexibility index (Phi) is 3.45. The maximum atomic E-state index is 3.93. The summed E-state index contributed by atoms with van der Waals surface area (Å²) in [5.41, 5.74) is 2.56. The molecule has 78 valence electrons. The Morgan fingerprint density at radius 3 is 3.00 bits per heavy atom. The molecule has 0 radical (unpaired) electrons. The van der Waals surface area contributed by atoms with Crippen LogP contribution in [0.15, 0.2) is 41.4 Å². The number of aryl methyl sites for hydroxylation is 1. The van der Waals surface area contributed by atoms with Crippen LogP contribution in [0.5, 0.6) is 0 Å². The number of rotatable bonds is 4. The standard InChI is InChI=1S/C12H14N2S/c1-2-10-4-3-5-12(8-10)15-9-11-6-7-13-14-11/h3-8H,2,9H2,1H3,(H,13,14). The van der Waals surface area contributed by atoms with Crippen LogP contribution in [-0.4, -0.2) is 10.2 Å². The molecule has 1 aromatic carbocycles. The van der Waals surface area contributed by atoms with Crippen molar-refractivity contribution >= 4 is 11.8 Å². The molecule has 1 N–H and O–H groups in total. The number of thioether (sulfide) groups is 1. The maximum absolute atomic E-state index is 3.93. The highest BCUT2D eigenvalue weighted by Crippen LogP contribution is 2.22. The first kappa shape index (κ1) is 10.3. The Labute approximate surface area is 94.1 Å². The normalized spacial score (nSPS) is 10.5. The molecule has 0 unspecified atom stereocenters. The van der Waals surface area contributed by atoms with Crippen molar-refractivity contribution in [2.75, 3.05) is 0 Å². The lowest BCUT2D eigenvalue weighted by Gasteiger charge is -2.02. The number of hydrogen-bond donors (Lipinski definition) is 1. The summed E-state index contributed by atoms with van der Waals surface area (Å²) in [4.78, 5) is 1.32. The van der Waals surface area contributed by atoms with Crippen molar-refractivity contribution in [3.8, 4) is 0 Å². The molecule has 1 heterocycles. The molecule has 1 aromatic heterocycles. The SMILES string of the molecule is CCc1cccc(SCc2ccn[nH]2)c1. The average molecular weight is 218 g/mol. The summed E-state index contributed by atoms with van der Waals surface area (Å²) in [6.07, 6.45) is 2.89. The predicted molar refractivity (Wildman–Crippen MR) is 64.0 cm³/mol. The Morgan fingerprint density at radius 2 is 2.27 bits per heavy atom. The largest absolute Gasteiger partial charge is 0.282 e. The number of aromatic amines is 1. The van der Waals surface area contributed by atoms with E-state index in [1.807, 2.05) is 17.8 Å². The number of nitrogens with one attached hydrogen (secondary N) is 1. The van der Waals surface area contributed by atoms with E-state index in [1.165, 1.54) is 16.2 Å². The third kappa shape index (κ3) is 2.86. The fraction of sp³-hybridized carbons (Fsp3) is 0.250. The molecule has 0 aliphatic heterocycles. The molecule has 0 spiro atoms. The first-order valence-electron chi connectivity index (χ1n) is 5.08. The van der Waals surface area contributed by atoms with Gasteiger partial charge in [0.25, 0.3) is 0 Å². The molecule has 2 nitrogen and oxygen atoms in total. The lowest BCUT2D eigenvalue weighted by Crippen LogP contribution is -1.83. The van der Waals surface area contributed by atoms with Gasteiger partial charge in [-0.05, 0) is 30.2 Å². The zero-order chi connectivity index (χ0) is 10.5. The third-order valence-corrected chi connectivity index (χ3v) is 3.30. The summed E-state index contributed by atoms with van der Waals surface area (Å²) >= 11 is 1.84. The van der Waals surface area contributed by atoms with Crippen LogP contribution in [0.1, 0.15) is 18.2 Å². The molecule has 0 amide bonds. The van der Waals surface area contributed by atoms with Gasteiger partial charge < -0.3 is 0 Å². The van der Waals surface area contributed by atoms with Crippen molar-refractivity contribution < 1.29 is 0 Å². The maximum Gasteiger partial charge on any atom is 0.0490 e. The Morgan fingerprint density at radius 1 is 1.33 bits per heavy atom. The zero-order valence-electron chi connectivity index (χ0n) is 8.73. The van der Waals surface area contributed by atoms with Gasteiger partial charge in [-0.15, -0.1) is 11.8 Å². The van der Waals surface area contributed by atoms with E-state index in [2.05, 4.69) is 41.4 Å². The summed E-state index contributed by atoms with van der Waals surface area (Å²) in [5.74, 6) is 0.952. The average Bonchev–Trinajstić information content (AvgIpc) is 2.79. The van der Waals surface area contributed by atoms with E-state index in [1.54, 1.807) is 6.20 Å². The topological polar surface area (TPSA) is 28.7 Å². The van der Waals surface area contributed by atoms with Gasteiger partial charge in [0.2, 0.25) is 0 Å². The Balaban J connectivity index is 1.98. The minimum absolute atomic E-state index is 0.952. The first-order chi connectivity index (χ1) is 7.38. The van der Waals surface area contributed by atoms with E-state index in [-0.39, 0.29) is 0 Å². The van der Waals surface area contributed by atoms with Gasteiger partial charge in [0, 0.05) is 22.5 Å². The number of aromatic nitrogens is 2. The van der Waals surface area contributed by atoms with E-state index >= 15 is 0 Å². The molecule has 0 saturated heterocycles. The third-order valence-electron chi connectivity index (χ3n) is 2.26. The van der Waals surface area contributed by atoms with Crippen molar-refractivity contribution in [3.05, 3.63) is 47.8 Å². The van der Waals surface area contributed by atoms with E-state index < -0.39 is 0 Å². The Bertz CT molecular complexity index is 409. The van der Waals surface area contributed by atoms with Crippen molar-refractivity contribution in [3.63, 3.8) is 0 Å². The van der Waals surface area contributed by atoms with Crippen molar-refractivity contribution in [1.82, 2.24) is 10.2 Å². The van der Waals surface area contributed by atoms with Gasteiger partial charge in [0.05, 0.1) is 0 Å². The highest BCUT2D eigenvalue weighted by atomic mass is 32.2. The molecule has 0 fully saturated rings. The van der Waals surface area contributed by atoms with E-state index in [0.717, 1.165) is 12.2 Å². The highest BCUT2D eigenvalue weighted by Gasteiger charge is 1.97. The van der Waals surface area contributed by atoms with E-state index in [0.29, 0.717) is 0 Å². The van der Waals surface area contributed by atoms with Crippen LogP contribution >= 0.6 is 11.8 Å². The summed E-state index contributed by atoms with van der Waals surface area (Å²) in [7, 11) is 0. The summed E-state index contributed by atoms with van der Waals surface area (Å²) < 4.78 is 0. The lowest BCUT2D eigenvalue weighted by molar-refractivity contribution is 1.04. The predicted octanol–water partition coefficient (Wildman–Crippen LogP) is 3.26. The molecule has 0 saturated carbocycles. The lowest BCUT2D eigenvalue weighted by atomic mass is 10.2. The fourth-order valence-electron chi connectivity index (χ4n) is 1.38. The summed E-state index contributed by atoms with van der Waals surface area (Å²) in [6, 6.07) is 10.7. The second kappa shape index (κ2) is 5.03. The molecule has 0 atom stereocenters. The number of H-pyrrole nitrogens is 1. The molecular formula is C12H14N2S. The van der Waals surface area contributed by atoms with Crippen LogP contribution in [0.25, 0.3) is 0 Å². The first-order valence-corrected chi connectivity index (χ1v) is 6.07. The van der Waals surface area contributed by atoms with Crippen LogP contribution in [0.4, 0.5) is 0 Å². The Hall–Kier alpha value is -1.22. The van der Waals surface area contributed by atoms with Crippen LogP contribution < -0.4 is 0 Å². The molecule has 2 rings (SSSR count). The fourth-order valence-corrected chi connectivity index (χ4v) is 2.27. The van der Waals surface area contributed by atoms with Crippen LogP contribution in [-0.2, 0) is 12.2 Å². The minimum Gasteiger partial charge on any atom is -0.282 e. The van der Waals surface area contributed by atoms with E-state index in [9.17, 15) is 0 Å². The van der Waals surface area contributed by atoms with Crippen LogP contribution in [0.3, 0.4) is 0 Å². The quantitative estimate of drug-likeness (QED) is 0.798. The van der Waals surface area contributed by atoms with Gasteiger partial charge in [0.15, 0.2) is 0 Å².